The van der Waals surface area contributed by atoms with E-state index in [0.29, 0.717) is 23.7 Å². The summed E-state index contributed by atoms with van der Waals surface area (Å²) in [4.78, 5) is 0. The van der Waals surface area contributed by atoms with Crippen molar-refractivity contribution in [2.45, 2.75) is 13.3 Å². The molecule has 0 fully saturated rings. The van der Waals surface area contributed by atoms with Gasteiger partial charge in [0.05, 0.1) is 21.5 Å². The van der Waals surface area contributed by atoms with Crippen molar-refractivity contribution < 1.29 is 8.42 Å². The molecule has 2 N–H and O–H groups in total. The third-order valence-electron chi connectivity index (χ3n) is 2.23. The molecule has 0 aliphatic rings. The quantitative estimate of drug-likeness (QED) is 0.761. The molecule has 4 nitrogen and oxygen atoms in total. The Morgan fingerprint density at radius 3 is 2.67 bits per heavy atom. The number of sulfonamides is 1. The average molecular weight is 311 g/mol. The highest BCUT2D eigenvalue weighted by Gasteiger charge is 2.13. The predicted octanol–water partition coefficient (Wildman–Crippen LogP) is 2.73. The summed E-state index contributed by atoms with van der Waals surface area (Å²) in [5.41, 5.74) is 0.313. The second-order valence-electron chi connectivity index (χ2n) is 3.73. The zero-order valence-electron chi connectivity index (χ0n) is 10.0. The second kappa shape index (κ2) is 7.19. The lowest BCUT2D eigenvalue weighted by atomic mass is 10.3. The van der Waals surface area contributed by atoms with Crippen molar-refractivity contribution in [3.8, 4) is 0 Å². The molecule has 0 radical (unpaired) electrons. The van der Waals surface area contributed by atoms with Gasteiger partial charge in [0, 0.05) is 0 Å². The standard InChI is InChI=1S/C11H16Cl2N2O2S/c1-2-14-7-4-8-18(16,17)15-10-6-3-5-9(12)11(10)13/h3,5-6,14-15H,2,4,7-8H2,1H3. The van der Waals surface area contributed by atoms with Crippen LogP contribution in [0, 0.1) is 0 Å². The Labute approximate surface area is 118 Å². The maximum Gasteiger partial charge on any atom is 0.232 e. The molecule has 18 heavy (non-hydrogen) atoms. The Morgan fingerprint density at radius 2 is 2.00 bits per heavy atom. The molecule has 0 heterocycles. The van der Waals surface area contributed by atoms with Crippen molar-refractivity contribution >= 4 is 38.9 Å². The van der Waals surface area contributed by atoms with Crippen LogP contribution in [-0.4, -0.2) is 27.3 Å². The Bertz CT molecular complexity index is 492. The fourth-order valence-corrected chi connectivity index (χ4v) is 2.90. The first-order valence-electron chi connectivity index (χ1n) is 5.61. The van der Waals surface area contributed by atoms with Crippen LogP contribution in [0.1, 0.15) is 13.3 Å². The van der Waals surface area contributed by atoms with Gasteiger partial charge in [-0.25, -0.2) is 8.42 Å². The molecule has 0 aliphatic carbocycles. The van der Waals surface area contributed by atoms with E-state index in [1.54, 1.807) is 18.2 Å². The van der Waals surface area contributed by atoms with Gasteiger partial charge in [-0.05, 0) is 31.6 Å². The van der Waals surface area contributed by atoms with Gasteiger partial charge in [0.25, 0.3) is 0 Å². The van der Waals surface area contributed by atoms with Gasteiger partial charge in [0.15, 0.2) is 0 Å². The van der Waals surface area contributed by atoms with E-state index in [0.717, 1.165) is 6.54 Å². The zero-order chi connectivity index (χ0) is 13.6. The molecule has 0 spiro atoms. The molecular weight excluding hydrogens is 295 g/mol. The van der Waals surface area contributed by atoms with E-state index in [4.69, 9.17) is 23.2 Å². The van der Waals surface area contributed by atoms with Crippen LogP contribution in [0.25, 0.3) is 0 Å². The van der Waals surface area contributed by atoms with Crippen molar-refractivity contribution in [2.75, 3.05) is 23.6 Å². The molecule has 102 valence electrons. The fourth-order valence-electron chi connectivity index (χ4n) is 1.37. The first-order valence-corrected chi connectivity index (χ1v) is 8.02. The highest BCUT2D eigenvalue weighted by Crippen LogP contribution is 2.30. The molecular formula is C11H16Cl2N2O2S. The minimum Gasteiger partial charge on any atom is -0.317 e. The molecule has 7 heteroatoms. The van der Waals surface area contributed by atoms with Gasteiger partial charge in [0.2, 0.25) is 10.0 Å². The van der Waals surface area contributed by atoms with Gasteiger partial charge >= 0.3 is 0 Å². The Hall–Kier alpha value is -0.490. The third kappa shape index (κ3) is 5.02. The highest BCUT2D eigenvalue weighted by atomic mass is 35.5. The largest absolute Gasteiger partial charge is 0.317 e. The molecule has 0 saturated carbocycles. The summed E-state index contributed by atoms with van der Waals surface area (Å²) in [5, 5.41) is 3.61. The Morgan fingerprint density at radius 1 is 1.28 bits per heavy atom. The number of rotatable bonds is 7. The molecule has 0 saturated heterocycles. The van der Waals surface area contributed by atoms with E-state index >= 15 is 0 Å². The topological polar surface area (TPSA) is 58.2 Å². The van der Waals surface area contributed by atoms with Gasteiger partial charge < -0.3 is 5.32 Å². The Kier molecular flexibility index (Phi) is 6.21. The number of nitrogens with one attached hydrogen (secondary N) is 2. The van der Waals surface area contributed by atoms with Gasteiger partial charge in [-0.15, -0.1) is 0 Å². The van der Waals surface area contributed by atoms with Crippen molar-refractivity contribution in [1.82, 2.24) is 5.32 Å². The Balaban J connectivity index is 2.62. The summed E-state index contributed by atoms with van der Waals surface area (Å²) in [5.74, 6) is 0.0445. The number of benzene rings is 1. The first-order chi connectivity index (χ1) is 8.46. The van der Waals surface area contributed by atoms with E-state index in [2.05, 4.69) is 10.0 Å². The summed E-state index contributed by atoms with van der Waals surface area (Å²) in [6.07, 6.45) is 0.543. The van der Waals surface area contributed by atoms with Crippen LogP contribution in [0.2, 0.25) is 10.0 Å². The van der Waals surface area contributed by atoms with Crippen molar-refractivity contribution in [3.63, 3.8) is 0 Å². The summed E-state index contributed by atoms with van der Waals surface area (Å²) >= 11 is 11.7. The van der Waals surface area contributed by atoms with Crippen LogP contribution in [0.5, 0.6) is 0 Å². The minimum absolute atomic E-state index is 0.0445. The van der Waals surface area contributed by atoms with Crippen LogP contribution in [0.4, 0.5) is 5.69 Å². The first kappa shape index (κ1) is 15.6. The number of anilines is 1. The number of hydrogen-bond acceptors (Lipinski definition) is 3. The van der Waals surface area contributed by atoms with Gasteiger partial charge in [-0.3, -0.25) is 4.72 Å². The summed E-state index contributed by atoms with van der Waals surface area (Å²) in [6, 6.07) is 4.83. The zero-order valence-corrected chi connectivity index (χ0v) is 12.4. The molecule has 0 bridgehead atoms. The van der Waals surface area contributed by atoms with Crippen molar-refractivity contribution in [1.29, 1.82) is 0 Å². The minimum atomic E-state index is -3.39. The van der Waals surface area contributed by atoms with Gasteiger partial charge in [-0.2, -0.15) is 0 Å². The maximum atomic E-state index is 11.8. The molecule has 1 rings (SSSR count). The highest BCUT2D eigenvalue weighted by molar-refractivity contribution is 7.92. The molecule has 0 aromatic heterocycles. The average Bonchev–Trinajstić information content (AvgIpc) is 2.31. The molecule has 0 amide bonds. The summed E-state index contributed by atoms with van der Waals surface area (Å²) < 4.78 is 26.0. The van der Waals surface area contributed by atoms with E-state index in [9.17, 15) is 8.42 Å². The van der Waals surface area contributed by atoms with E-state index in [1.807, 2.05) is 6.92 Å². The lowest BCUT2D eigenvalue weighted by Gasteiger charge is -2.10. The SMILES string of the molecule is CCNCCCS(=O)(=O)Nc1cccc(Cl)c1Cl. The van der Waals surface area contributed by atoms with Crippen LogP contribution in [-0.2, 0) is 10.0 Å². The van der Waals surface area contributed by atoms with Gasteiger partial charge in [-0.1, -0.05) is 36.2 Å². The van der Waals surface area contributed by atoms with Crippen LogP contribution >= 0.6 is 23.2 Å². The fraction of sp³-hybridized carbons (Fsp3) is 0.455. The van der Waals surface area contributed by atoms with E-state index < -0.39 is 10.0 Å². The number of hydrogen-bond donors (Lipinski definition) is 2. The maximum absolute atomic E-state index is 11.8. The normalized spacial score (nSPS) is 11.5. The van der Waals surface area contributed by atoms with Crippen LogP contribution in [0.3, 0.4) is 0 Å². The number of halogens is 2. The van der Waals surface area contributed by atoms with Crippen molar-refractivity contribution in [2.24, 2.45) is 0 Å². The second-order valence-corrected chi connectivity index (χ2v) is 6.36. The lowest BCUT2D eigenvalue weighted by Crippen LogP contribution is -2.22. The molecule has 0 aliphatic heterocycles. The van der Waals surface area contributed by atoms with Gasteiger partial charge in [0.1, 0.15) is 0 Å². The van der Waals surface area contributed by atoms with Crippen LogP contribution in [0.15, 0.2) is 18.2 Å². The molecule has 1 aromatic rings. The van der Waals surface area contributed by atoms with Crippen LogP contribution < -0.4 is 10.0 Å². The van der Waals surface area contributed by atoms with E-state index in [-0.39, 0.29) is 10.8 Å². The molecule has 0 atom stereocenters. The third-order valence-corrected chi connectivity index (χ3v) is 4.41. The molecule has 0 unspecified atom stereocenters. The summed E-state index contributed by atoms with van der Waals surface area (Å²) in [7, 11) is -3.39. The summed E-state index contributed by atoms with van der Waals surface area (Å²) in [6.45, 7) is 3.47. The van der Waals surface area contributed by atoms with E-state index in [1.165, 1.54) is 0 Å². The predicted molar refractivity (Wildman–Crippen MR) is 77.0 cm³/mol. The lowest BCUT2D eigenvalue weighted by molar-refractivity contribution is 0.595. The monoisotopic (exact) mass is 310 g/mol. The molecule has 1 aromatic carbocycles. The smallest absolute Gasteiger partial charge is 0.232 e. The van der Waals surface area contributed by atoms with Crippen molar-refractivity contribution in [3.05, 3.63) is 28.2 Å².